The van der Waals surface area contributed by atoms with Crippen molar-refractivity contribution in [3.63, 3.8) is 0 Å². The molecule has 0 amide bonds. The topological polar surface area (TPSA) is 40.6 Å². The van der Waals surface area contributed by atoms with Gasteiger partial charge in [0.15, 0.2) is 0 Å². The number of benzene rings is 1. The molecule has 1 aromatic rings. The molecule has 0 saturated carbocycles. The minimum Gasteiger partial charge on any atom is -0.296 e. The predicted octanol–water partition coefficient (Wildman–Crippen LogP) is 1.85. The first kappa shape index (κ1) is 15.4. The van der Waals surface area contributed by atoms with Crippen LogP contribution in [0.25, 0.3) is 0 Å². The third-order valence-corrected chi connectivity index (χ3v) is 5.71. The molecule has 0 aliphatic carbocycles. The number of rotatable bonds is 6. The van der Waals surface area contributed by atoms with Gasteiger partial charge in [-0.2, -0.15) is 0 Å². The van der Waals surface area contributed by atoms with E-state index < -0.39 is 10.0 Å². The smallest absolute Gasteiger partial charge is 0.213 e. The van der Waals surface area contributed by atoms with Crippen molar-refractivity contribution < 1.29 is 12.8 Å². The van der Waals surface area contributed by atoms with E-state index in [0.717, 1.165) is 25.1 Å². The first-order valence-corrected chi connectivity index (χ1v) is 8.41. The quantitative estimate of drug-likeness (QED) is 0.805. The highest BCUT2D eigenvalue weighted by molar-refractivity contribution is 7.89. The van der Waals surface area contributed by atoms with Gasteiger partial charge in [0.2, 0.25) is 10.0 Å². The van der Waals surface area contributed by atoms with Gasteiger partial charge in [0, 0.05) is 26.7 Å². The van der Waals surface area contributed by atoms with Crippen LogP contribution in [0.1, 0.15) is 24.4 Å². The van der Waals surface area contributed by atoms with Gasteiger partial charge in [0.05, 0.1) is 5.75 Å². The third-order valence-electron chi connectivity index (χ3n) is 3.79. The summed E-state index contributed by atoms with van der Waals surface area (Å²) in [5.41, 5.74) is 1.10. The van der Waals surface area contributed by atoms with E-state index in [2.05, 4.69) is 4.90 Å². The molecule has 1 heterocycles. The fourth-order valence-electron chi connectivity index (χ4n) is 2.40. The second-order valence-corrected chi connectivity index (χ2v) is 7.65. The minimum atomic E-state index is -3.11. The fraction of sp³-hybridized carbons (Fsp3) is 0.571. The Labute approximate surface area is 120 Å². The molecule has 0 unspecified atom stereocenters. The highest BCUT2D eigenvalue weighted by Gasteiger charge is 2.29. The Bertz CT molecular complexity index is 543. The van der Waals surface area contributed by atoms with Crippen molar-refractivity contribution in [2.75, 3.05) is 32.9 Å². The molecule has 20 heavy (non-hydrogen) atoms. The van der Waals surface area contributed by atoms with Crippen molar-refractivity contribution in [2.24, 2.45) is 0 Å². The molecule has 0 radical (unpaired) electrons. The Balaban J connectivity index is 1.84. The van der Waals surface area contributed by atoms with E-state index in [0.29, 0.717) is 12.5 Å². The van der Waals surface area contributed by atoms with Gasteiger partial charge in [-0.3, -0.25) is 4.90 Å². The molecule has 0 bridgehead atoms. The van der Waals surface area contributed by atoms with E-state index in [-0.39, 0.29) is 11.6 Å². The van der Waals surface area contributed by atoms with Crippen LogP contribution in [0.3, 0.4) is 0 Å². The Morgan fingerprint density at radius 2 is 1.95 bits per heavy atom. The molecule has 0 N–H and O–H groups in total. The van der Waals surface area contributed by atoms with Gasteiger partial charge < -0.3 is 0 Å². The van der Waals surface area contributed by atoms with Gasteiger partial charge >= 0.3 is 0 Å². The molecule has 0 spiro atoms. The first-order chi connectivity index (χ1) is 9.40. The zero-order valence-corrected chi connectivity index (χ0v) is 12.7. The van der Waals surface area contributed by atoms with Crippen molar-refractivity contribution in [2.45, 2.75) is 18.9 Å². The molecule has 4 nitrogen and oxygen atoms in total. The van der Waals surface area contributed by atoms with E-state index in [4.69, 9.17) is 0 Å². The second-order valence-electron chi connectivity index (χ2n) is 5.34. The van der Waals surface area contributed by atoms with E-state index in [9.17, 15) is 12.8 Å². The van der Waals surface area contributed by atoms with Crippen molar-refractivity contribution in [3.8, 4) is 0 Å². The Hall–Kier alpha value is -0.980. The van der Waals surface area contributed by atoms with E-state index in [1.54, 1.807) is 14.1 Å². The van der Waals surface area contributed by atoms with Crippen LogP contribution in [0.2, 0.25) is 0 Å². The SMILES string of the molecule is CN(C)S(=O)(=O)CCCN1CC[C@@H]1c1ccc(F)cc1. The van der Waals surface area contributed by atoms with Crippen LogP contribution in [0.5, 0.6) is 0 Å². The third kappa shape index (κ3) is 3.56. The number of hydrogen-bond acceptors (Lipinski definition) is 3. The van der Waals surface area contributed by atoms with Crippen molar-refractivity contribution in [1.29, 1.82) is 0 Å². The molecule has 1 aliphatic heterocycles. The molecule has 0 aromatic heterocycles. The summed E-state index contributed by atoms with van der Waals surface area (Å²) in [5.74, 6) is -0.0520. The van der Waals surface area contributed by atoms with Gasteiger partial charge in [-0.25, -0.2) is 17.1 Å². The van der Waals surface area contributed by atoms with Crippen LogP contribution in [0.4, 0.5) is 4.39 Å². The molecule has 1 aliphatic rings. The zero-order chi connectivity index (χ0) is 14.8. The molecular formula is C14H21FN2O2S. The highest BCUT2D eigenvalue weighted by atomic mass is 32.2. The molecular weight excluding hydrogens is 279 g/mol. The number of nitrogens with zero attached hydrogens (tertiary/aromatic N) is 2. The van der Waals surface area contributed by atoms with Gasteiger partial charge in [-0.1, -0.05) is 12.1 Å². The Morgan fingerprint density at radius 1 is 1.30 bits per heavy atom. The van der Waals surface area contributed by atoms with Gasteiger partial charge in [-0.15, -0.1) is 0 Å². The van der Waals surface area contributed by atoms with Gasteiger partial charge in [0.1, 0.15) is 5.82 Å². The molecule has 1 saturated heterocycles. The first-order valence-electron chi connectivity index (χ1n) is 6.80. The summed E-state index contributed by atoms with van der Waals surface area (Å²) in [7, 11) is 0.00303. The summed E-state index contributed by atoms with van der Waals surface area (Å²) in [6.07, 6.45) is 1.67. The second kappa shape index (κ2) is 6.20. The maximum Gasteiger partial charge on any atom is 0.213 e. The van der Waals surface area contributed by atoms with Crippen LogP contribution in [-0.4, -0.2) is 50.6 Å². The monoisotopic (exact) mass is 300 g/mol. The molecule has 1 atom stereocenters. The van der Waals surface area contributed by atoms with E-state index in [1.165, 1.54) is 16.4 Å². The van der Waals surface area contributed by atoms with E-state index in [1.807, 2.05) is 12.1 Å². The summed E-state index contributed by atoms with van der Waals surface area (Å²) >= 11 is 0. The van der Waals surface area contributed by atoms with Crippen LogP contribution in [0, 0.1) is 5.82 Å². The number of likely N-dealkylation sites (tertiary alicyclic amines) is 1. The van der Waals surface area contributed by atoms with Crippen LogP contribution >= 0.6 is 0 Å². The molecule has 112 valence electrons. The van der Waals surface area contributed by atoms with Crippen molar-refractivity contribution in [3.05, 3.63) is 35.6 Å². The highest BCUT2D eigenvalue weighted by Crippen LogP contribution is 2.33. The predicted molar refractivity (Wildman–Crippen MR) is 77.4 cm³/mol. The standard InChI is InChI=1S/C14H21FN2O2S/c1-16(2)20(18,19)11-3-9-17-10-8-14(17)12-4-6-13(15)7-5-12/h4-7,14H,3,8-11H2,1-2H3/t14-/m1/s1. The zero-order valence-electron chi connectivity index (χ0n) is 11.9. The largest absolute Gasteiger partial charge is 0.296 e. The molecule has 2 rings (SSSR count). The lowest BCUT2D eigenvalue weighted by Crippen LogP contribution is -2.42. The average Bonchev–Trinajstić information content (AvgIpc) is 2.35. The maximum absolute atomic E-state index is 12.9. The minimum absolute atomic E-state index is 0.173. The van der Waals surface area contributed by atoms with Crippen LogP contribution in [0.15, 0.2) is 24.3 Å². The fourth-order valence-corrected chi connectivity index (χ4v) is 3.26. The molecule has 6 heteroatoms. The lowest BCUT2D eigenvalue weighted by atomic mass is 9.94. The summed E-state index contributed by atoms with van der Waals surface area (Å²) in [5, 5.41) is 0. The average molecular weight is 300 g/mol. The number of hydrogen-bond donors (Lipinski definition) is 0. The summed E-state index contributed by atoms with van der Waals surface area (Å²) < 4.78 is 37.5. The Kier molecular flexibility index (Phi) is 4.78. The summed E-state index contributed by atoms with van der Waals surface area (Å²) in [6.45, 7) is 1.74. The maximum atomic E-state index is 12.9. The number of sulfonamides is 1. The lowest BCUT2D eigenvalue weighted by Gasteiger charge is -2.41. The lowest BCUT2D eigenvalue weighted by molar-refractivity contribution is 0.0912. The van der Waals surface area contributed by atoms with Crippen LogP contribution < -0.4 is 0 Å². The number of halogens is 1. The van der Waals surface area contributed by atoms with Crippen LogP contribution in [-0.2, 0) is 10.0 Å². The van der Waals surface area contributed by atoms with Crippen molar-refractivity contribution in [1.82, 2.24) is 9.21 Å². The van der Waals surface area contributed by atoms with Crippen molar-refractivity contribution >= 4 is 10.0 Å². The summed E-state index contributed by atoms with van der Waals surface area (Å²) in [4.78, 5) is 2.25. The summed E-state index contributed by atoms with van der Waals surface area (Å²) in [6, 6.07) is 6.87. The molecule has 1 fully saturated rings. The van der Waals surface area contributed by atoms with E-state index >= 15 is 0 Å². The Morgan fingerprint density at radius 3 is 2.45 bits per heavy atom. The normalized spacial score (nSPS) is 20.1. The molecule has 1 aromatic carbocycles. The van der Waals surface area contributed by atoms with Gasteiger partial charge in [-0.05, 0) is 37.1 Å². The van der Waals surface area contributed by atoms with Gasteiger partial charge in [0.25, 0.3) is 0 Å².